The van der Waals surface area contributed by atoms with Gasteiger partial charge in [-0.05, 0) is 18.2 Å². The highest BCUT2D eigenvalue weighted by Gasteiger charge is 2.07. The Balaban J connectivity index is 1.96. The van der Waals surface area contributed by atoms with E-state index in [1.165, 1.54) is 0 Å². The molecule has 0 fully saturated rings. The van der Waals surface area contributed by atoms with Gasteiger partial charge in [0.2, 0.25) is 0 Å². The predicted molar refractivity (Wildman–Crippen MR) is 73.4 cm³/mol. The van der Waals surface area contributed by atoms with E-state index < -0.39 is 0 Å². The van der Waals surface area contributed by atoms with E-state index in [2.05, 4.69) is 20.5 Å². The van der Waals surface area contributed by atoms with Crippen LogP contribution in [0.1, 0.15) is 0 Å². The quantitative estimate of drug-likeness (QED) is 0.699. The van der Waals surface area contributed by atoms with Gasteiger partial charge in [0.1, 0.15) is 12.4 Å². The van der Waals surface area contributed by atoms with Crippen LogP contribution in [-0.4, -0.2) is 21.7 Å². The van der Waals surface area contributed by atoms with E-state index >= 15 is 0 Å². The zero-order valence-corrected chi connectivity index (χ0v) is 10.1. The predicted octanol–water partition coefficient (Wildman–Crippen LogP) is 2.56. The van der Waals surface area contributed by atoms with Gasteiger partial charge in [0.05, 0.1) is 11.8 Å². The molecule has 0 aliphatic rings. The highest BCUT2D eigenvalue weighted by molar-refractivity contribution is 5.94. The molecule has 0 spiro atoms. The summed E-state index contributed by atoms with van der Waals surface area (Å²) in [6, 6.07) is 13.8. The molecule has 0 aliphatic heterocycles. The summed E-state index contributed by atoms with van der Waals surface area (Å²) in [7, 11) is 0. The lowest BCUT2D eigenvalue weighted by molar-refractivity contribution is 1.03. The molecule has 0 saturated carbocycles. The average Bonchev–Trinajstić information content (AvgIpc) is 2.90. The second kappa shape index (κ2) is 4.78. The molecule has 0 radical (unpaired) electrons. The number of nitrogens with one attached hydrogen (secondary N) is 2. The number of nitrogens with zero attached hydrogens (tertiary/aromatic N) is 3. The minimum absolute atomic E-state index is 0.223. The molecule has 2 N–H and O–H groups in total. The molecular formula is C14H11N5. The van der Waals surface area contributed by atoms with Crippen LogP contribution in [0.5, 0.6) is 0 Å². The molecule has 19 heavy (non-hydrogen) atoms. The molecule has 1 aromatic carbocycles. The number of aromatic nitrogens is 3. The van der Waals surface area contributed by atoms with Crippen molar-refractivity contribution in [2.75, 3.05) is 11.9 Å². The highest BCUT2D eigenvalue weighted by Crippen LogP contribution is 2.26. The molecule has 0 atom stereocenters. The molecule has 92 valence electrons. The maximum absolute atomic E-state index is 8.49. The second-order valence-electron chi connectivity index (χ2n) is 4.06. The fourth-order valence-corrected chi connectivity index (χ4v) is 1.98. The van der Waals surface area contributed by atoms with Crippen molar-refractivity contribution in [3.8, 4) is 17.3 Å². The van der Waals surface area contributed by atoms with Gasteiger partial charge in [0.15, 0.2) is 0 Å². The lowest BCUT2D eigenvalue weighted by Gasteiger charge is -2.01. The maximum atomic E-state index is 8.49. The van der Waals surface area contributed by atoms with Gasteiger partial charge >= 0.3 is 0 Å². The molecule has 5 heteroatoms. The van der Waals surface area contributed by atoms with Gasteiger partial charge in [0, 0.05) is 22.7 Å². The Morgan fingerprint density at radius 3 is 2.84 bits per heavy atom. The molecule has 0 saturated heterocycles. The van der Waals surface area contributed by atoms with Gasteiger partial charge in [0.25, 0.3) is 0 Å². The van der Waals surface area contributed by atoms with Gasteiger partial charge in [-0.25, -0.2) is 0 Å². The Morgan fingerprint density at radius 1 is 1.16 bits per heavy atom. The molecule has 0 aliphatic carbocycles. The first-order valence-corrected chi connectivity index (χ1v) is 5.89. The van der Waals surface area contributed by atoms with E-state index in [1.807, 2.05) is 48.7 Å². The minimum atomic E-state index is 0.223. The van der Waals surface area contributed by atoms with Gasteiger partial charge in [-0.2, -0.15) is 5.26 Å². The molecule has 3 rings (SSSR count). The Bertz CT molecular complexity index is 736. The summed E-state index contributed by atoms with van der Waals surface area (Å²) in [4.78, 5) is 3.21. The summed E-state index contributed by atoms with van der Waals surface area (Å²) in [5.74, 6) is 0.602. The zero-order chi connectivity index (χ0) is 13.1. The van der Waals surface area contributed by atoms with Crippen LogP contribution in [0.4, 0.5) is 5.82 Å². The zero-order valence-electron chi connectivity index (χ0n) is 10.1. The lowest BCUT2D eigenvalue weighted by atomic mass is 10.1. The molecule has 2 heterocycles. The maximum Gasteiger partial charge on any atom is 0.149 e. The largest absolute Gasteiger partial charge is 0.360 e. The summed E-state index contributed by atoms with van der Waals surface area (Å²) in [5, 5.41) is 20.7. The van der Waals surface area contributed by atoms with E-state index in [-0.39, 0.29) is 6.54 Å². The summed E-state index contributed by atoms with van der Waals surface area (Å²) in [6.07, 6.45) is 1.93. The van der Waals surface area contributed by atoms with Crippen molar-refractivity contribution in [1.29, 1.82) is 5.26 Å². The van der Waals surface area contributed by atoms with Crippen molar-refractivity contribution in [3.63, 3.8) is 0 Å². The first-order valence-electron chi connectivity index (χ1n) is 5.89. The fourth-order valence-electron chi connectivity index (χ4n) is 1.98. The van der Waals surface area contributed by atoms with Crippen molar-refractivity contribution < 1.29 is 0 Å². The average molecular weight is 249 g/mol. The third-order valence-electron chi connectivity index (χ3n) is 2.88. The monoisotopic (exact) mass is 249 g/mol. The summed E-state index contributed by atoms with van der Waals surface area (Å²) >= 11 is 0. The van der Waals surface area contributed by atoms with Gasteiger partial charge in [-0.3, -0.25) is 0 Å². The number of H-pyrrole nitrogens is 1. The number of anilines is 1. The van der Waals surface area contributed by atoms with Crippen LogP contribution in [0.2, 0.25) is 0 Å². The highest BCUT2D eigenvalue weighted by atomic mass is 15.2. The normalized spacial score (nSPS) is 10.3. The van der Waals surface area contributed by atoms with Crippen molar-refractivity contribution in [2.24, 2.45) is 0 Å². The van der Waals surface area contributed by atoms with E-state index in [0.29, 0.717) is 5.82 Å². The van der Waals surface area contributed by atoms with Gasteiger partial charge in [-0.15, -0.1) is 10.2 Å². The summed E-state index contributed by atoms with van der Waals surface area (Å²) in [6.45, 7) is 0.223. The van der Waals surface area contributed by atoms with Crippen molar-refractivity contribution in [1.82, 2.24) is 15.2 Å². The third-order valence-corrected chi connectivity index (χ3v) is 2.88. The Labute approximate surface area is 109 Å². The fraction of sp³-hybridized carbons (Fsp3) is 0.0714. The molecule has 2 aromatic heterocycles. The Hall–Kier alpha value is -2.87. The third kappa shape index (κ3) is 2.11. The number of benzene rings is 1. The van der Waals surface area contributed by atoms with Crippen LogP contribution in [0.3, 0.4) is 0 Å². The smallest absolute Gasteiger partial charge is 0.149 e. The number of para-hydroxylation sites is 1. The van der Waals surface area contributed by atoms with Crippen LogP contribution in [0.25, 0.3) is 22.2 Å². The molecule has 0 amide bonds. The Morgan fingerprint density at radius 2 is 2.05 bits per heavy atom. The molecular weight excluding hydrogens is 238 g/mol. The standard InChI is InChI=1S/C14H11N5/c15-7-8-16-14-6-5-13(18-19-14)11-9-17-12-4-2-1-3-10(11)12/h1-6,9,17H,8H2,(H,16,19). The number of hydrogen-bond acceptors (Lipinski definition) is 4. The lowest BCUT2D eigenvalue weighted by Crippen LogP contribution is -2.01. The molecule has 5 nitrogen and oxygen atoms in total. The van der Waals surface area contributed by atoms with Crippen LogP contribution in [-0.2, 0) is 0 Å². The van der Waals surface area contributed by atoms with E-state index in [4.69, 9.17) is 5.26 Å². The Kier molecular flexibility index (Phi) is 2.83. The molecule has 0 bridgehead atoms. The van der Waals surface area contributed by atoms with E-state index in [0.717, 1.165) is 22.2 Å². The number of aromatic amines is 1. The van der Waals surface area contributed by atoms with Crippen LogP contribution >= 0.6 is 0 Å². The van der Waals surface area contributed by atoms with Gasteiger partial charge in [-0.1, -0.05) is 18.2 Å². The van der Waals surface area contributed by atoms with E-state index in [9.17, 15) is 0 Å². The second-order valence-corrected chi connectivity index (χ2v) is 4.06. The molecule has 3 aromatic rings. The minimum Gasteiger partial charge on any atom is -0.360 e. The van der Waals surface area contributed by atoms with Crippen molar-refractivity contribution >= 4 is 16.7 Å². The number of nitriles is 1. The van der Waals surface area contributed by atoms with E-state index in [1.54, 1.807) is 0 Å². The topological polar surface area (TPSA) is 77.4 Å². The van der Waals surface area contributed by atoms with Crippen LogP contribution < -0.4 is 5.32 Å². The van der Waals surface area contributed by atoms with Crippen molar-refractivity contribution in [3.05, 3.63) is 42.6 Å². The number of fused-ring (bicyclic) bond motifs is 1. The molecule has 0 unspecified atom stereocenters. The number of rotatable bonds is 3. The first kappa shape index (κ1) is 11.2. The van der Waals surface area contributed by atoms with Crippen molar-refractivity contribution in [2.45, 2.75) is 0 Å². The first-order chi connectivity index (χ1) is 9.38. The number of hydrogen-bond donors (Lipinski definition) is 2. The summed E-state index contributed by atoms with van der Waals surface area (Å²) < 4.78 is 0. The SMILES string of the molecule is N#CCNc1ccc(-c2c[nH]c3ccccc23)nn1. The van der Waals surface area contributed by atoms with Crippen LogP contribution in [0, 0.1) is 11.3 Å². The van der Waals surface area contributed by atoms with Gasteiger partial charge < -0.3 is 10.3 Å². The van der Waals surface area contributed by atoms with Crippen LogP contribution in [0.15, 0.2) is 42.6 Å². The summed E-state index contributed by atoms with van der Waals surface area (Å²) in [5.41, 5.74) is 2.90.